The standard InChI is InChI=1S/C25H26N2O5S/c1-4-30-18-13-12-17(14-19(18)31-5-2)23-21(24(29)32-6-3)22(16-10-8-7-9-11-16)26-25-27(23)20(28)15-33-25/h7-14,23H,4-6,15H2,1-3H3/t23-/m1/s1. The van der Waals surface area contributed by atoms with Crippen molar-refractivity contribution in [2.75, 3.05) is 25.6 Å². The molecule has 7 nitrogen and oxygen atoms in total. The molecule has 1 atom stereocenters. The van der Waals surface area contributed by atoms with Gasteiger partial charge in [0.05, 0.1) is 42.9 Å². The Morgan fingerprint density at radius 3 is 2.45 bits per heavy atom. The van der Waals surface area contributed by atoms with Crippen molar-refractivity contribution < 1.29 is 23.8 Å². The van der Waals surface area contributed by atoms with Gasteiger partial charge in [0.25, 0.3) is 0 Å². The molecule has 0 unspecified atom stereocenters. The van der Waals surface area contributed by atoms with Gasteiger partial charge in [-0.25, -0.2) is 9.79 Å². The molecule has 0 radical (unpaired) electrons. The van der Waals surface area contributed by atoms with Crippen LogP contribution in [0.25, 0.3) is 5.70 Å². The van der Waals surface area contributed by atoms with Gasteiger partial charge in [-0.2, -0.15) is 0 Å². The van der Waals surface area contributed by atoms with Crippen LogP contribution >= 0.6 is 11.8 Å². The third-order valence-electron chi connectivity index (χ3n) is 5.22. The van der Waals surface area contributed by atoms with Crippen LogP contribution in [0.1, 0.15) is 37.9 Å². The van der Waals surface area contributed by atoms with Crippen LogP contribution < -0.4 is 9.47 Å². The van der Waals surface area contributed by atoms with Crippen molar-refractivity contribution in [3.8, 4) is 11.5 Å². The van der Waals surface area contributed by atoms with Gasteiger partial charge in [0, 0.05) is 5.56 Å². The molecule has 1 fully saturated rings. The number of nitrogens with zero attached hydrogens (tertiary/aromatic N) is 2. The van der Waals surface area contributed by atoms with Crippen LogP contribution in [-0.2, 0) is 14.3 Å². The van der Waals surface area contributed by atoms with E-state index in [0.717, 1.165) is 11.1 Å². The van der Waals surface area contributed by atoms with Gasteiger partial charge in [-0.1, -0.05) is 48.2 Å². The number of hydrogen-bond acceptors (Lipinski definition) is 7. The van der Waals surface area contributed by atoms with Crippen LogP contribution in [0, 0.1) is 0 Å². The second kappa shape index (κ2) is 10.1. The molecular formula is C25H26N2O5S. The molecule has 2 aliphatic rings. The van der Waals surface area contributed by atoms with E-state index in [-0.39, 0.29) is 18.3 Å². The molecular weight excluding hydrogens is 440 g/mol. The zero-order valence-electron chi connectivity index (χ0n) is 18.9. The van der Waals surface area contributed by atoms with Gasteiger partial charge in [0.1, 0.15) is 0 Å². The van der Waals surface area contributed by atoms with Crippen LogP contribution in [0.15, 0.2) is 59.1 Å². The maximum absolute atomic E-state index is 13.3. The first-order chi connectivity index (χ1) is 16.1. The lowest BCUT2D eigenvalue weighted by Gasteiger charge is -2.33. The molecule has 2 aromatic carbocycles. The molecule has 0 aromatic heterocycles. The van der Waals surface area contributed by atoms with Gasteiger partial charge in [-0.3, -0.25) is 9.69 Å². The molecule has 8 heteroatoms. The third-order valence-corrected chi connectivity index (χ3v) is 6.16. The lowest BCUT2D eigenvalue weighted by atomic mass is 9.91. The molecule has 33 heavy (non-hydrogen) atoms. The predicted molar refractivity (Wildman–Crippen MR) is 128 cm³/mol. The molecule has 0 aliphatic carbocycles. The fourth-order valence-corrected chi connectivity index (χ4v) is 4.81. The van der Waals surface area contributed by atoms with Crippen molar-refractivity contribution in [1.82, 2.24) is 4.90 Å². The minimum absolute atomic E-state index is 0.107. The fourth-order valence-electron chi connectivity index (χ4n) is 3.91. The van der Waals surface area contributed by atoms with Crippen molar-refractivity contribution in [1.29, 1.82) is 0 Å². The molecule has 172 valence electrons. The Labute approximate surface area is 197 Å². The van der Waals surface area contributed by atoms with Crippen molar-refractivity contribution in [2.45, 2.75) is 26.8 Å². The normalized spacial score (nSPS) is 17.5. The summed E-state index contributed by atoms with van der Waals surface area (Å²) in [5, 5.41) is 0.573. The van der Waals surface area contributed by atoms with Crippen molar-refractivity contribution >= 4 is 34.5 Å². The number of ether oxygens (including phenoxy) is 3. The smallest absolute Gasteiger partial charge is 0.338 e. The molecule has 1 saturated heterocycles. The summed E-state index contributed by atoms with van der Waals surface area (Å²) in [6.45, 7) is 6.72. The minimum Gasteiger partial charge on any atom is -0.490 e. The number of hydrogen-bond donors (Lipinski definition) is 0. The predicted octanol–water partition coefficient (Wildman–Crippen LogP) is 4.44. The summed E-state index contributed by atoms with van der Waals surface area (Å²) in [5.74, 6) is 0.831. The first kappa shape index (κ1) is 22.9. The second-order valence-electron chi connectivity index (χ2n) is 7.27. The SMILES string of the molecule is CCOC(=O)C1=C(c2ccccc2)N=C2SCC(=O)N2[C@@H]1c1ccc(OCC)c(OCC)c1. The number of aliphatic imine (C=N–C) groups is 1. The molecule has 0 saturated carbocycles. The highest BCUT2D eigenvalue weighted by Crippen LogP contribution is 2.45. The number of amides is 1. The number of esters is 1. The monoisotopic (exact) mass is 466 g/mol. The van der Waals surface area contributed by atoms with E-state index >= 15 is 0 Å². The molecule has 0 bridgehead atoms. The third kappa shape index (κ3) is 4.48. The number of fused-ring (bicyclic) bond motifs is 1. The Bertz CT molecular complexity index is 1110. The Morgan fingerprint density at radius 1 is 1.03 bits per heavy atom. The van der Waals surface area contributed by atoms with Crippen molar-refractivity contribution in [3.63, 3.8) is 0 Å². The number of thioether (sulfide) groups is 1. The van der Waals surface area contributed by atoms with Crippen LogP contribution in [0.3, 0.4) is 0 Å². The Balaban J connectivity index is 1.94. The molecule has 1 amide bonds. The van der Waals surface area contributed by atoms with Gasteiger partial charge >= 0.3 is 5.97 Å². The van der Waals surface area contributed by atoms with Gasteiger partial charge in [0.2, 0.25) is 5.91 Å². The lowest BCUT2D eigenvalue weighted by Crippen LogP contribution is -2.39. The summed E-state index contributed by atoms with van der Waals surface area (Å²) in [6.07, 6.45) is 0. The van der Waals surface area contributed by atoms with Gasteiger partial charge in [-0.15, -0.1) is 0 Å². The molecule has 2 aromatic rings. The average Bonchev–Trinajstić information content (AvgIpc) is 3.20. The van der Waals surface area contributed by atoms with Crippen molar-refractivity contribution in [2.24, 2.45) is 4.99 Å². The highest BCUT2D eigenvalue weighted by Gasteiger charge is 2.44. The summed E-state index contributed by atoms with van der Waals surface area (Å²) >= 11 is 1.37. The van der Waals surface area contributed by atoms with E-state index in [1.165, 1.54) is 11.8 Å². The van der Waals surface area contributed by atoms with Gasteiger partial charge in [0.15, 0.2) is 16.7 Å². The molecule has 0 N–H and O–H groups in total. The van der Waals surface area contributed by atoms with E-state index in [0.29, 0.717) is 41.2 Å². The summed E-state index contributed by atoms with van der Waals surface area (Å²) in [6, 6.07) is 14.3. The number of carbonyl (C=O) groups is 2. The summed E-state index contributed by atoms with van der Waals surface area (Å²) < 4.78 is 17.0. The van der Waals surface area contributed by atoms with Crippen molar-refractivity contribution in [3.05, 3.63) is 65.2 Å². The number of rotatable bonds is 8. The average molecular weight is 467 g/mol. The fraction of sp³-hybridized carbons (Fsp3) is 0.320. The highest BCUT2D eigenvalue weighted by molar-refractivity contribution is 8.15. The maximum Gasteiger partial charge on any atom is 0.338 e. The van der Waals surface area contributed by atoms with Gasteiger partial charge < -0.3 is 14.2 Å². The Hall–Kier alpha value is -3.26. The van der Waals surface area contributed by atoms with E-state index in [4.69, 9.17) is 19.2 Å². The quantitative estimate of drug-likeness (QED) is 0.535. The van der Waals surface area contributed by atoms with Crippen LogP contribution in [0.4, 0.5) is 0 Å². The molecule has 2 aliphatic heterocycles. The maximum atomic E-state index is 13.3. The highest BCUT2D eigenvalue weighted by atomic mass is 32.2. The van der Waals surface area contributed by atoms with Crippen LogP contribution in [0.5, 0.6) is 11.5 Å². The summed E-state index contributed by atoms with van der Waals surface area (Å²) in [7, 11) is 0. The molecule has 2 heterocycles. The summed E-state index contributed by atoms with van der Waals surface area (Å²) in [4.78, 5) is 32.6. The van der Waals surface area contributed by atoms with Crippen LogP contribution in [0.2, 0.25) is 0 Å². The zero-order valence-corrected chi connectivity index (χ0v) is 19.7. The van der Waals surface area contributed by atoms with E-state index in [1.807, 2.05) is 62.4 Å². The Kier molecular flexibility index (Phi) is 7.03. The zero-order chi connectivity index (χ0) is 23.4. The largest absolute Gasteiger partial charge is 0.490 e. The second-order valence-corrected chi connectivity index (χ2v) is 8.21. The van der Waals surface area contributed by atoms with Crippen LogP contribution in [-0.4, -0.2) is 47.5 Å². The Morgan fingerprint density at radius 2 is 1.76 bits per heavy atom. The van der Waals surface area contributed by atoms with E-state index in [1.54, 1.807) is 11.8 Å². The lowest BCUT2D eigenvalue weighted by molar-refractivity contribution is -0.139. The van der Waals surface area contributed by atoms with E-state index in [9.17, 15) is 9.59 Å². The first-order valence-electron chi connectivity index (χ1n) is 11.0. The minimum atomic E-state index is -0.691. The van der Waals surface area contributed by atoms with E-state index in [2.05, 4.69) is 0 Å². The topological polar surface area (TPSA) is 77.4 Å². The number of carbonyl (C=O) groups excluding carboxylic acids is 2. The summed E-state index contributed by atoms with van der Waals surface area (Å²) in [5.41, 5.74) is 2.35. The number of amidine groups is 1. The van der Waals surface area contributed by atoms with E-state index < -0.39 is 12.0 Å². The van der Waals surface area contributed by atoms with Gasteiger partial charge in [-0.05, 0) is 38.5 Å². The number of benzene rings is 2. The molecule has 0 spiro atoms. The molecule has 4 rings (SSSR count). The first-order valence-corrected chi connectivity index (χ1v) is 12.0.